The summed E-state index contributed by atoms with van der Waals surface area (Å²) in [7, 11) is 0. The summed E-state index contributed by atoms with van der Waals surface area (Å²) >= 11 is 0. The van der Waals surface area contributed by atoms with Crippen molar-refractivity contribution in [3.8, 4) is 0 Å². The van der Waals surface area contributed by atoms with E-state index in [1.165, 1.54) is 0 Å². The van der Waals surface area contributed by atoms with E-state index in [2.05, 4.69) is 0 Å². The molecule has 3 heteroatoms. The van der Waals surface area contributed by atoms with Crippen LogP contribution in [0.15, 0.2) is 0 Å². The van der Waals surface area contributed by atoms with Crippen molar-refractivity contribution in [1.29, 1.82) is 0 Å². The Morgan fingerprint density at radius 1 is 1.73 bits per heavy atom. The molecule has 0 amide bonds. The van der Waals surface area contributed by atoms with Gasteiger partial charge in [0.15, 0.2) is 0 Å². The molecule has 0 radical (unpaired) electrons. The van der Waals surface area contributed by atoms with Crippen LogP contribution in [-0.4, -0.2) is 18.1 Å². The van der Waals surface area contributed by atoms with Gasteiger partial charge in [-0.15, -0.1) is 0 Å². The van der Waals surface area contributed by atoms with E-state index in [-0.39, 0.29) is 5.97 Å². The lowest BCUT2D eigenvalue weighted by Crippen LogP contribution is -2.37. The first-order valence-electron chi connectivity index (χ1n) is 4.11. The Kier molecular flexibility index (Phi) is 2.18. The Labute approximate surface area is 66.9 Å². The molecular formula is C8H15NO2. The largest absolute Gasteiger partial charge is 0.465 e. The number of ether oxygens (including phenoxy) is 1. The van der Waals surface area contributed by atoms with Crippen molar-refractivity contribution in [2.24, 2.45) is 11.7 Å². The SMILES string of the molecule is CCOC(=O)C1(N)C[C@@H]1CC. The molecule has 11 heavy (non-hydrogen) atoms. The average molecular weight is 157 g/mol. The third kappa shape index (κ3) is 1.38. The van der Waals surface area contributed by atoms with Crippen molar-refractivity contribution in [1.82, 2.24) is 0 Å². The first kappa shape index (κ1) is 8.53. The van der Waals surface area contributed by atoms with Gasteiger partial charge >= 0.3 is 5.97 Å². The monoisotopic (exact) mass is 157 g/mol. The number of hydrogen-bond acceptors (Lipinski definition) is 3. The zero-order valence-electron chi connectivity index (χ0n) is 7.09. The molecule has 1 rings (SSSR count). The lowest BCUT2D eigenvalue weighted by molar-refractivity contribution is -0.146. The molecule has 2 atom stereocenters. The number of nitrogens with two attached hydrogens (primary N) is 1. The van der Waals surface area contributed by atoms with Gasteiger partial charge in [0.05, 0.1) is 6.61 Å². The van der Waals surface area contributed by atoms with Crippen LogP contribution >= 0.6 is 0 Å². The molecule has 3 nitrogen and oxygen atoms in total. The Balaban J connectivity index is 2.42. The van der Waals surface area contributed by atoms with E-state index in [1.807, 2.05) is 6.92 Å². The van der Waals surface area contributed by atoms with Crippen molar-refractivity contribution >= 4 is 5.97 Å². The van der Waals surface area contributed by atoms with Crippen LogP contribution in [0.25, 0.3) is 0 Å². The van der Waals surface area contributed by atoms with Crippen molar-refractivity contribution in [3.63, 3.8) is 0 Å². The standard InChI is InChI=1S/C8H15NO2/c1-3-6-5-8(6,9)7(10)11-4-2/h6H,3-5,9H2,1-2H3/t6-,8?/m0/s1. The molecule has 1 aliphatic carbocycles. The van der Waals surface area contributed by atoms with Crippen LogP contribution in [0.4, 0.5) is 0 Å². The number of carbonyl (C=O) groups excluding carboxylic acids is 1. The number of rotatable bonds is 3. The van der Waals surface area contributed by atoms with Crippen LogP contribution in [0.1, 0.15) is 26.7 Å². The molecule has 0 aliphatic heterocycles. The van der Waals surface area contributed by atoms with Crippen LogP contribution in [-0.2, 0) is 9.53 Å². The third-order valence-corrected chi connectivity index (χ3v) is 2.30. The van der Waals surface area contributed by atoms with Crippen LogP contribution in [0.3, 0.4) is 0 Å². The molecule has 0 aromatic rings. The Hall–Kier alpha value is -0.570. The smallest absolute Gasteiger partial charge is 0.326 e. The second kappa shape index (κ2) is 2.81. The molecule has 0 saturated heterocycles. The van der Waals surface area contributed by atoms with Crippen molar-refractivity contribution in [3.05, 3.63) is 0 Å². The van der Waals surface area contributed by atoms with Gasteiger partial charge in [-0.05, 0) is 19.3 Å². The molecule has 1 fully saturated rings. The summed E-state index contributed by atoms with van der Waals surface area (Å²) in [5.74, 6) is 0.119. The third-order valence-electron chi connectivity index (χ3n) is 2.30. The van der Waals surface area contributed by atoms with Crippen molar-refractivity contribution in [2.45, 2.75) is 32.2 Å². The summed E-state index contributed by atoms with van der Waals surface area (Å²) in [4.78, 5) is 11.1. The summed E-state index contributed by atoms with van der Waals surface area (Å²) in [6.07, 6.45) is 1.76. The fraction of sp³-hybridized carbons (Fsp3) is 0.875. The zero-order valence-corrected chi connectivity index (χ0v) is 7.09. The summed E-state index contributed by atoms with van der Waals surface area (Å²) in [5.41, 5.74) is 5.12. The predicted octanol–water partition coefficient (Wildman–Crippen LogP) is 0.677. The maximum absolute atomic E-state index is 11.1. The minimum atomic E-state index is -0.634. The molecule has 1 saturated carbocycles. The highest BCUT2D eigenvalue weighted by molar-refractivity contribution is 5.84. The quantitative estimate of drug-likeness (QED) is 0.613. The normalized spacial score (nSPS) is 35.0. The van der Waals surface area contributed by atoms with E-state index < -0.39 is 5.54 Å². The lowest BCUT2D eigenvalue weighted by atomic mass is 10.2. The van der Waals surface area contributed by atoms with E-state index in [9.17, 15) is 4.79 Å². The van der Waals surface area contributed by atoms with Gasteiger partial charge < -0.3 is 10.5 Å². The number of esters is 1. The average Bonchev–Trinajstić information content (AvgIpc) is 2.64. The highest BCUT2D eigenvalue weighted by Crippen LogP contribution is 2.44. The van der Waals surface area contributed by atoms with Gasteiger partial charge in [-0.25, -0.2) is 0 Å². The molecule has 0 aromatic heterocycles. The fourth-order valence-corrected chi connectivity index (χ4v) is 1.37. The van der Waals surface area contributed by atoms with Gasteiger partial charge in [0, 0.05) is 0 Å². The fourth-order valence-electron chi connectivity index (χ4n) is 1.37. The Bertz CT molecular complexity index is 169. The number of hydrogen-bond donors (Lipinski definition) is 1. The van der Waals surface area contributed by atoms with E-state index in [4.69, 9.17) is 10.5 Å². The summed E-state index contributed by atoms with van der Waals surface area (Å²) in [5, 5.41) is 0. The van der Waals surface area contributed by atoms with Gasteiger partial charge in [-0.1, -0.05) is 13.3 Å². The number of carbonyl (C=O) groups is 1. The first-order valence-corrected chi connectivity index (χ1v) is 4.11. The summed E-state index contributed by atoms with van der Waals surface area (Å²) in [6.45, 7) is 4.26. The van der Waals surface area contributed by atoms with Gasteiger partial charge in [-0.3, -0.25) is 4.79 Å². The highest BCUT2D eigenvalue weighted by Gasteiger charge is 2.57. The van der Waals surface area contributed by atoms with Crippen LogP contribution < -0.4 is 5.73 Å². The van der Waals surface area contributed by atoms with Crippen molar-refractivity contribution < 1.29 is 9.53 Å². The zero-order chi connectivity index (χ0) is 8.48. The molecule has 0 bridgehead atoms. The lowest BCUT2D eigenvalue weighted by Gasteiger charge is -2.08. The van der Waals surface area contributed by atoms with E-state index in [0.717, 1.165) is 12.8 Å². The molecular weight excluding hydrogens is 142 g/mol. The first-order chi connectivity index (χ1) is 5.15. The molecule has 64 valence electrons. The minimum Gasteiger partial charge on any atom is -0.465 e. The summed E-state index contributed by atoms with van der Waals surface area (Å²) < 4.78 is 4.84. The maximum atomic E-state index is 11.1. The van der Waals surface area contributed by atoms with Gasteiger partial charge in [0.1, 0.15) is 5.54 Å². The highest BCUT2D eigenvalue weighted by atomic mass is 16.5. The topological polar surface area (TPSA) is 52.3 Å². The molecule has 2 N–H and O–H groups in total. The Morgan fingerprint density at radius 3 is 2.73 bits per heavy atom. The molecule has 0 aromatic carbocycles. The van der Waals surface area contributed by atoms with E-state index in [1.54, 1.807) is 6.92 Å². The minimum absolute atomic E-state index is 0.230. The Morgan fingerprint density at radius 2 is 2.36 bits per heavy atom. The van der Waals surface area contributed by atoms with E-state index >= 15 is 0 Å². The second-order valence-electron chi connectivity index (χ2n) is 3.07. The van der Waals surface area contributed by atoms with E-state index in [0.29, 0.717) is 12.5 Å². The van der Waals surface area contributed by atoms with Crippen LogP contribution in [0.5, 0.6) is 0 Å². The second-order valence-corrected chi connectivity index (χ2v) is 3.07. The van der Waals surface area contributed by atoms with Gasteiger partial charge in [0.2, 0.25) is 0 Å². The van der Waals surface area contributed by atoms with Gasteiger partial charge in [-0.2, -0.15) is 0 Å². The molecule has 0 spiro atoms. The summed E-state index contributed by atoms with van der Waals surface area (Å²) in [6, 6.07) is 0. The van der Waals surface area contributed by atoms with Crippen LogP contribution in [0.2, 0.25) is 0 Å². The van der Waals surface area contributed by atoms with Gasteiger partial charge in [0.25, 0.3) is 0 Å². The van der Waals surface area contributed by atoms with Crippen LogP contribution in [0, 0.1) is 5.92 Å². The molecule has 1 aliphatic rings. The molecule has 1 unspecified atom stereocenters. The predicted molar refractivity (Wildman–Crippen MR) is 41.9 cm³/mol. The molecule has 0 heterocycles. The maximum Gasteiger partial charge on any atom is 0.326 e. The van der Waals surface area contributed by atoms with Crippen molar-refractivity contribution in [2.75, 3.05) is 6.61 Å².